The summed E-state index contributed by atoms with van der Waals surface area (Å²) in [6.45, 7) is 3.01. The summed E-state index contributed by atoms with van der Waals surface area (Å²) >= 11 is 0. The van der Waals surface area contributed by atoms with Crippen LogP contribution < -0.4 is 15.4 Å². The molecule has 0 heterocycles. The van der Waals surface area contributed by atoms with E-state index in [1.807, 2.05) is 32.0 Å². The quantitative estimate of drug-likeness (QED) is 0.698. The summed E-state index contributed by atoms with van der Waals surface area (Å²) in [6, 6.07) is 5.21. The van der Waals surface area contributed by atoms with Crippen LogP contribution in [0.15, 0.2) is 18.2 Å². The number of esters is 1. The maximum atomic E-state index is 12.4. The number of hydrogen-bond acceptors (Lipinski definition) is 5. The molecule has 0 atom stereocenters. The van der Waals surface area contributed by atoms with Gasteiger partial charge in [0.2, 0.25) is 0 Å². The molecule has 1 aromatic rings. The largest absolute Gasteiger partial charge is 0.482 e. The fourth-order valence-corrected chi connectivity index (χ4v) is 5.89. The van der Waals surface area contributed by atoms with Gasteiger partial charge in [-0.2, -0.15) is 0 Å². The minimum absolute atomic E-state index is 0.171. The molecule has 0 aromatic heterocycles. The van der Waals surface area contributed by atoms with E-state index in [2.05, 4.69) is 10.6 Å². The highest BCUT2D eigenvalue weighted by Gasteiger charge is 2.51. The molecule has 0 aliphatic heterocycles. The lowest BCUT2D eigenvalue weighted by Gasteiger charge is -2.56. The fraction of sp³-hybridized carbons (Fsp3) is 0.609. The van der Waals surface area contributed by atoms with Gasteiger partial charge >= 0.3 is 12.0 Å². The predicted molar refractivity (Wildman–Crippen MR) is 110 cm³/mol. The van der Waals surface area contributed by atoms with Crippen molar-refractivity contribution in [3.63, 3.8) is 0 Å². The number of hydrogen-bond donors (Lipinski definition) is 2. The fourth-order valence-electron chi connectivity index (χ4n) is 5.89. The van der Waals surface area contributed by atoms with Gasteiger partial charge < -0.3 is 14.8 Å². The van der Waals surface area contributed by atoms with E-state index in [1.54, 1.807) is 0 Å². The van der Waals surface area contributed by atoms with Crippen LogP contribution in [0.4, 0.5) is 4.79 Å². The molecule has 4 aliphatic carbocycles. The highest BCUT2D eigenvalue weighted by molar-refractivity contribution is 5.95. The summed E-state index contributed by atoms with van der Waals surface area (Å²) in [5.41, 5.74) is 1.76. The van der Waals surface area contributed by atoms with Crippen molar-refractivity contribution in [3.8, 4) is 5.75 Å². The Morgan fingerprint density at radius 2 is 1.63 bits per heavy atom. The Labute approximate surface area is 176 Å². The molecule has 7 heteroatoms. The van der Waals surface area contributed by atoms with Gasteiger partial charge in [-0.1, -0.05) is 12.1 Å². The number of carbonyl (C=O) groups excluding carboxylic acids is 3. The average Bonchev–Trinajstić information content (AvgIpc) is 2.65. The van der Waals surface area contributed by atoms with Gasteiger partial charge in [0, 0.05) is 5.54 Å². The monoisotopic (exact) mass is 414 g/mol. The summed E-state index contributed by atoms with van der Waals surface area (Å²) in [5, 5.41) is 5.36. The second-order valence-corrected chi connectivity index (χ2v) is 9.42. The molecule has 30 heavy (non-hydrogen) atoms. The van der Waals surface area contributed by atoms with Gasteiger partial charge in [-0.25, -0.2) is 9.59 Å². The number of benzene rings is 1. The molecule has 4 saturated carbocycles. The van der Waals surface area contributed by atoms with Crippen LogP contribution in [0, 0.1) is 31.6 Å². The molecule has 1 aromatic carbocycles. The second-order valence-electron chi connectivity index (χ2n) is 9.42. The van der Waals surface area contributed by atoms with Gasteiger partial charge in [0.1, 0.15) is 5.75 Å². The number of amides is 3. The van der Waals surface area contributed by atoms with Gasteiger partial charge in [-0.15, -0.1) is 0 Å². The molecule has 0 unspecified atom stereocenters. The minimum atomic E-state index is -0.660. The Morgan fingerprint density at radius 3 is 2.27 bits per heavy atom. The molecule has 4 aliphatic rings. The van der Waals surface area contributed by atoms with Crippen molar-refractivity contribution in [1.82, 2.24) is 10.6 Å². The number of rotatable bonds is 6. The third-order valence-corrected chi connectivity index (χ3v) is 6.72. The average molecular weight is 415 g/mol. The first-order chi connectivity index (χ1) is 14.3. The summed E-state index contributed by atoms with van der Waals surface area (Å²) in [7, 11) is 0. The Bertz CT molecular complexity index is 815. The molecule has 0 radical (unpaired) electrons. The Hall–Kier alpha value is -2.57. The first-order valence-corrected chi connectivity index (χ1v) is 10.8. The van der Waals surface area contributed by atoms with Crippen molar-refractivity contribution in [1.29, 1.82) is 0 Å². The van der Waals surface area contributed by atoms with E-state index >= 15 is 0 Å². The molecule has 4 bridgehead atoms. The summed E-state index contributed by atoms with van der Waals surface area (Å²) in [6.07, 6.45) is 6.85. The maximum Gasteiger partial charge on any atom is 0.344 e. The molecular formula is C23H30N2O5. The molecule has 3 amide bonds. The zero-order chi connectivity index (χ0) is 21.3. The van der Waals surface area contributed by atoms with Crippen LogP contribution in [-0.4, -0.2) is 36.7 Å². The van der Waals surface area contributed by atoms with Crippen LogP contribution in [0.25, 0.3) is 0 Å². The zero-order valence-corrected chi connectivity index (χ0v) is 17.7. The van der Waals surface area contributed by atoms with E-state index in [4.69, 9.17) is 9.47 Å². The standard InChI is InChI=1S/C23H30N2O5/c1-14-3-4-15(2)19(5-14)29-13-21(27)30-12-20(26)24-22(28)25-23-9-16-6-17(10-23)8-18(7-16)11-23/h3-5,16-18H,6-13H2,1-2H3,(H2,24,25,26,28). The molecule has 0 saturated heterocycles. The van der Waals surface area contributed by atoms with Crippen molar-refractivity contribution < 1.29 is 23.9 Å². The normalized spacial score (nSPS) is 28.7. The highest BCUT2D eigenvalue weighted by atomic mass is 16.6. The first kappa shape index (κ1) is 20.7. The number of ether oxygens (including phenoxy) is 2. The summed E-state index contributed by atoms with van der Waals surface area (Å²) in [5.74, 6) is 1.40. The summed E-state index contributed by atoms with van der Waals surface area (Å²) in [4.78, 5) is 36.3. The molecule has 5 rings (SSSR count). The smallest absolute Gasteiger partial charge is 0.344 e. The highest BCUT2D eigenvalue weighted by Crippen LogP contribution is 2.55. The Balaban J connectivity index is 1.19. The lowest BCUT2D eigenvalue weighted by Crippen LogP contribution is -2.62. The van der Waals surface area contributed by atoms with Gasteiger partial charge in [0.25, 0.3) is 5.91 Å². The van der Waals surface area contributed by atoms with Gasteiger partial charge in [-0.3, -0.25) is 10.1 Å². The topological polar surface area (TPSA) is 93.7 Å². The number of aryl methyl sites for hydroxylation is 2. The Morgan fingerprint density at radius 1 is 1.00 bits per heavy atom. The lowest BCUT2D eigenvalue weighted by molar-refractivity contribution is -0.150. The number of urea groups is 1. The van der Waals surface area contributed by atoms with E-state index in [9.17, 15) is 14.4 Å². The van der Waals surface area contributed by atoms with Crippen molar-refractivity contribution in [2.24, 2.45) is 17.8 Å². The van der Waals surface area contributed by atoms with Crippen LogP contribution in [0.5, 0.6) is 5.75 Å². The van der Waals surface area contributed by atoms with Gasteiger partial charge in [0.15, 0.2) is 13.2 Å². The minimum Gasteiger partial charge on any atom is -0.482 e. The molecule has 162 valence electrons. The van der Waals surface area contributed by atoms with E-state index in [0.717, 1.165) is 30.4 Å². The van der Waals surface area contributed by atoms with Crippen LogP contribution in [-0.2, 0) is 14.3 Å². The molecule has 2 N–H and O–H groups in total. The summed E-state index contributed by atoms with van der Waals surface area (Å²) < 4.78 is 10.4. The zero-order valence-electron chi connectivity index (χ0n) is 17.7. The van der Waals surface area contributed by atoms with E-state index in [-0.39, 0.29) is 12.1 Å². The maximum absolute atomic E-state index is 12.4. The van der Waals surface area contributed by atoms with Crippen LogP contribution in [0.1, 0.15) is 49.7 Å². The van der Waals surface area contributed by atoms with Gasteiger partial charge in [-0.05, 0) is 87.3 Å². The number of carbonyl (C=O) groups is 3. The molecule has 7 nitrogen and oxygen atoms in total. The van der Waals surface area contributed by atoms with Gasteiger partial charge in [0.05, 0.1) is 0 Å². The number of imide groups is 1. The van der Waals surface area contributed by atoms with Crippen LogP contribution in [0.2, 0.25) is 0 Å². The second kappa shape index (κ2) is 8.28. The molecular weight excluding hydrogens is 384 g/mol. The van der Waals surface area contributed by atoms with Crippen LogP contribution >= 0.6 is 0 Å². The van der Waals surface area contributed by atoms with Crippen molar-refractivity contribution in [2.45, 2.75) is 57.9 Å². The predicted octanol–water partition coefficient (Wildman–Crippen LogP) is 3.02. The SMILES string of the molecule is Cc1ccc(C)c(OCC(=O)OCC(=O)NC(=O)NC23CC4CC(CC(C4)C2)C3)c1. The lowest BCUT2D eigenvalue weighted by atomic mass is 9.53. The third kappa shape index (κ3) is 4.77. The van der Waals surface area contributed by atoms with Crippen molar-refractivity contribution in [2.75, 3.05) is 13.2 Å². The first-order valence-electron chi connectivity index (χ1n) is 10.8. The molecule has 4 fully saturated rings. The van der Waals surface area contributed by atoms with Crippen molar-refractivity contribution in [3.05, 3.63) is 29.3 Å². The molecule has 0 spiro atoms. The number of nitrogens with one attached hydrogen (secondary N) is 2. The Kier molecular flexibility index (Phi) is 5.71. The third-order valence-electron chi connectivity index (χ3n) is 6.72. The van der Waals surface area contributed by atoms with Crippen molar-refractivity contribution >= 4 is 17.9 Å². The van der Waals surface area contributed by atoms with Crippen LogP contribution in [0.3, 0.4) is 0 Å². The van der Waals surface area contributed by atoms with E-state index < -0.39 is 24.5 Å². The van der Waals surface area contributed by atoms with E-state index in [0.29, 0.717) is 23.5 Å². The van der Waals surface area contributed by atoms with E-state index in [1.165, 1.54) is 19.3 Å².